The van der Waals surface area contributed by atoms with E-state index in [1.165, 1.54) is 12.2 Å². The number of carbonyl (C=O) groups is 1. The summed E-state index contributed by atoms with van der Waals surface area (Å²) in [5, 5.41) is 3.25. The summed E-state index contributed by atoms with van der Waals surface area (Å²) in [6.07, 6.45) is 9.58. The van der Waals surface area contributed by atoms with Crippen LogP contribution in [-0.2, 0) is 4.79 Å². The lowest BCUT2D eigenvalue weighted by molar-refractivity contribution is -0.142. The first kappa shape index (κ1) is 19.3. The van der Waals surface area contributed by atoms with Gasteiger partial charge in [-0.1, -0.05) is 42.5 Å². The van der Waals surface area contributed by atoms with Crippen molar-refractivity contribution in [2.45, 2.75) is 17.6 Å². The van der Waals surface area contributed by atoms with Gasteiger partial charge in [-0.2, -0.15) is 0 Å². The average molecular weight is 393 g/mol. The number of nitrogens with one attached hydrogen (secondary N) is 1. The normalized spacial score (nSPS) is 26.3. The molecule has 1 aliphatic carbocycles. The highest BCUT2D eigenvalue weighted by Gasteiger charge is 2.42. The minimum atomic E-state index is -2.13. The molecule has 1 N–H and O–H groups in total. The fraction of sp³-hybridized carbons (Fsp3) is 0.304. The number of alkyl halides is 1. The molecule has 1 unspecified atom stereocenters. The molecule has 1 saturated heterocycles. The second-order valence-corrected chi connectivity index (χ2v) is 7.28. The molecule has 150 valence electrons. The number of hydrogen-bond acceptors (Lipinski definition) is 4. The van der Waals surface area contributed by atoms with E-state index in [9.17, 15) is 4.79 Å². The fourth-order valence-corrected chi connectivity index (χ4v) is 3.67. The summed E-state index contributed by atoms with van der Waals surface area (Å²) in [6, 6.07) is 13.2. The van der Waals surface area contributed by atoms with Gasteiger partial charge in [0.15, 0.2) is 0 Å². The van der Waals surface area contributed by atoms with Gasteiger partial charge in [0.25, 0.3) is 5.91 Å². The monoisotopic (exact) mass is 393 g/mol. The highest BCUT2D eigenvalue weighted by Crippen LogP contribution is 2.31. The Morgan fingerprint density at radius 1 is 1.21 bits per heavy atom. The van der Waals surface area contributed by atoms with Gasteiger partial charge in [-0.3, -0.25) is 9.78 Å². The number of aromatic nitrogens is 1. The largest absolute Gasteiger partial charge is 0.490 e. The van der Waals surface area contributed by atoms with Gasteiger partial charge in [-0.05, 0) is 29.8 Å². The van der Waals surface area contributed by atoms with Crippen LogP contribution in [-0.4, -0.2) is 53.7 Å². The molecular weight excluding hydrogens is 369 g/mol. The second kappa shape index (κ2) is 8.57. The number of ether oxygens (including phenoxy) is 1. The number of halogens is 1. The molecule has 1 amide bonds. The molecule has 2 heterocycles. The van der Waals surface area contributed by atoms with Crippen LogP contribution in [0.2, 0.25) is 0 Å². The van der Waals surface area contributed by atoms with Gasteiger partial charge in [0.2, 0.25) is 5.67 Å². The minimum absolute atomic E-state index is 0.0272. The topological polar surface area (TPSA) is 54.5 Å². The number of piperazine rings is 1. The van der Waals surface area contributed by atoms with E-state index in [1.54, 1.807) is 35.5 Å². The molecule has 0 bridgehead atoms. The SMILES string of the molecule is O=C(N1CCNCC1COc1cccnc1)C1(F)C=CC(c2ccccc2)C=C1. The predicted octanol–water partition coefficient (Wildman–Crippen LogP) is 2.88. The molecular formula is C23H24FN3O2. The summed E-state index contributed by atoms with van der Waals surface area (Å²) < 4.78 is 21.3. The molecule has 1 aliphatic heterocycles. The molecule has 1 atom stereocenters. The number of rotatable bonds is 5. The van der Waals surface area contributed by atoms with Crippen molar-refractivity contribution in [2.75, 3.05) is 26.2 Å². The number of carbonyl (C=O) groups excluding carboxylic acids is 1. The molecule has 1 aromatic heterocycles. The zero-order valence-corrected chi connectivity index (χ0v) is 16.1. The molecule has 2 aromatic rings. The van der Waals surface area contributed by atoms with Gasteiger partial charge in [0, 0.05) is 31.7 Å². The lowest BCUT2D eigenvalue weighted by atomic mass is 9.88. The molecule has 1 fully saturated rings. The number of amides is 1. The van der Waals surface area contributed by atoms with Crippen LogP contribution < -0.4 is 10.1 Å². The molecule has 0 saturated carbocycles. The van der Waals surface area contributed by atoms with E-state index in [4.69, 9.17) is 4.74 Å². The number of benzene rings is 1. The molecule has 29 heavy (non-hydrogen) atoms. The van der Waals surface area contributed by atoms with E-state index in [2.05, 4.69) is 10.3 Å². The van der Waals surface area contributed by atoms with Gasteiger partial charge >= 0.3 is 0 Å². The quantitative estimate of drug-likeness (QED) is 0.794. The molecule has 4 rings (SSSR count). The van der Waals surface area contributed by atoms with Gasteiger partial charge < -0.3 is 15.0 Å². The lowest BCUT2D eigenvalue weighted by Gasteiger charge is -2.39. The number of hydrogen-bond donors (Lipinski definition) is 1. The second-order valence-electron chi connectivity index (χ2n) is 7.28. The third-order valence-electron chi connectivity index (χ3n) is 5.29. The maximum Gasteiger partial charge on any atom is 0.268 e. The Morgan fingerprint density at radius 3 is 2.72 bits per heavy atom. The van der Waals surface area contributed by atoms with Crippen molar-refractivity contribution < 1.29 is 13.9 Å². The molecule has 5 nitrogen and oxygen atoms in total. The Hall–Kier alpha value is -2.99. The first-order valence-corrected chi connectivity index (χ1v) is 9.83. The number of nitrogens with zero attached hydrogens (tertiary/aromatic N) is 2. The maximum absolute atomic E-state index is 15.5. The maximum atomic E-state index is 15.5. The highest BCUT2D eigenvalue weighted by atomic mass is 19.1. The summed E-state index contributed by atoms with van der Waals surface area (Å²) in [5.41, 5.74) is -1.06. The molecule has 1 aromatic carbocycles. The Kier molecular flexibility index (Phi) is 5.71. The van der Waals surface area contributed by atoms with Crippen LogP contribution in [0.4, 0.5) is 4.39 Å². The highest BCUT2D eigenvalue weighted by molar-refractivity contribution is 5.90. The van der Waals surface area contributed by atoms with Crippen LogP contribution >= 0.6 is 0 Å². The van der Waals surface area contributed by atoms with Crippen molar-refractivity contribution in [1.29, 1.82) is 0 Å². The summed E-state index contributed by atoms with van der Waals surface area (Å²) >= 11 is 0. The van der Waals surface area contributed by atoms with Crippen LogP contribution in [0.5, 0.6) is 5.75 Å². The molecule has 0 radical (unpaired) electrons. The third kappa shape index (κ3) is 4.38. The standard InChI is InChI=1S/C23H24FN3O2/c24-23(10-8-19(9-11-23)18-5-2-1-3-6-18)22(28)27-14-13-26-15-20(27)17-29-21-7-4-12-25-16-21/h1-12,16,19-20,26H,13-15,17H2. The van der Waals surface area contributed by atoms with Crippen LogP contribution in [0.25, 0.3) is 0 Å². The summed E-state index contributed by atoms with van der Waals surface area (Å²) in [5.74, 6) is 0.0574. The van der Waals surface area contributed by atoms with E-state index >= 15 is 4.39 Å². The van der Waals surface area contributed by atoms with Crippen molar-refractivity contribution in [3.05, 3.63) is 84.7 Å². The first-order valence-electron chi connectivity index (χ1n) is 9.83. The number of pyridine rings is 1. The summed E-state index contributed by atoms with van der Waals surface area (Å²) in [4.78, 5) is 18.7. The van der Waals surface area contributed by atoms with Crippen LogP contribution in [0.3, 0.4) is 0 Å². The first-order chi connectivity index (χ1) is 14.2. The molecule has 6 heteroatoms. The van der Waals surface area contributed by atoms with Crippen LogP contribution in [0.1, 0.15) is 11.5 Å². The molecule has 2 aliphatic rings. The number of allylic oxidation sites excluding steroid dienone is 2. The van der Waals surface area contributed by atoms with Gasteiger partial charge in [0.1, 0.15) is 12.4 Å². The zero-order chi connectivity index (χ0) is 20.1. The van der Waals surface area contributed by atoms with Crippen molar-refractivity contribution >= 4 is 5.91 Å². The van der Waals surface area contributed by atoms with Gasteiger partial charge in [-0.25, -0.2) is 4.39 Å². The van der Waals surface area contributed by atoms with E-state index in [-0.39, 0.29) is 18.6 Å². The lowest BCUT2D eigenvalue weighted by Crippen LogP contribution is -2.59. The smallest absolute Gasteiger partial charge is 0.268 e. The fourth-order valence-electron chi connectivity index (χ4n) is 3.67. The van der Waals surface area contributed by atoms with Crippen molar-refractivity contribution in [3.63, 3.8) is 0 Å². The van der Waals surface area contributed by atoms with Crippen LogP contribution in [0.15, 0.2) is 79.2 Å². The minimum Gasteiger partial charge on any atom is -0.490 e. The predicted molar refractivity (Wildman–Crippen MR) is 109 cm³/mol. The van der Waals surface area contributed by atoms with Crippen molar-refractivity contribution in [2.24, 2.45) is 0 Å². The average Bonchev–Trinajstić information content (AvgIpc) is 2.79. The molecule has 0 spiro atoms. The van der Waals surface area contributed by atoms with E-state index in [0.29, 0.717) is 25.4 Å². The Bertz CT molecular complexity index is 872. The zero-order valence-electron chi connectivity index (χ0n) is 16.1. The van der Waals surface area contributed by atoms with Gasteiger partial charge in [-0.15, -0.1) is 0 Å². The van der Waals surface area contributed by atoms with Crippen LogP contribution in [0, 0.1) is 0 Å². The Balaban J connectivity index is 1.44. The van der Waals surface area contributed by atoms with E-state index < -0.39 is 11.6 Å². The summed E-state index contributed by atoms with van der Waals surface area (Å²) in [6.45, 7) is 1.91. The van der Waals surface area contributed by atoms with Crippen molar-refractivity contribution in [3.8, 4) is 5.75 Å². The van der Waals surface area contributed by atoms with E-state index in [1.807, 2.05) is 36.4 Å². The van der Waals surface area contributed by atoms with E-state index in [0.717, 1.165) is 5.56 Å². The van der Waals surface area contributed by atoms with Crippen molar-refractivity contribution in [1.82, 2.24) is 15.2 Å². The Morgan fingerprint density at radius 2 is 2.00 bits per heavy atom. The summed E-state index contributed by atoms with van der Waals surface area (Å²) in [7, 11) is 0. The van der Waals surface area contributed by atoms with Gasteiger partial charge in [0.05, 0.1) is 12.2 Å². The third-order valence-corrected chi connectivity index (χ3v) is 5.29. The Labute approximate surface area is 169 Å².